The van der Waals surface area contributed by atoms with E-state index in [9.17, 15) is 0 Å². The summed E-state index contributed by atoms with van der Waals surface area (Å²) in [6.45, 7) is 0. The molecule has 0 aliphatic heterocycles. The van der Waals surface area contributed by atoms with Gasteiger partial charge in [-0.2, -0.15) is 0 Å². The van der Waals surface area contributed by atoms with Gasteiger partial charge in [0.2, 0.25) is 10.9 Å². The molecule has 0 spiro atoms. The van der Waals surface area contributed by atoms with Crippen LogP contribution in [0.15, 0.2) is 29.6 Å². The first-order chi connectivity index (χ1) is 8.29. The second kappa shape index (κ2) is 3.74. The third-order valence-electron chi connectivity index (χ3n) is 2.54. The van der Waals surface area contributed by atoms with Crippen molar-refractivity contribution in [2.75, 3.05) is 12.8 Å². The standard InChI is InChI=1S/C11H10N4OS/c1-16-8-4-2-3-7(5-8)9-6-17-11-14-13-10(12)15(9)11/h2-6H,1H3,(H2,12,13). The number of benzene rings is 1. The van der Waals surface area contributed by atoms with Crippen molar-refractivity contribution in [1.29, 1.82) is 0 Å². The molecule has 86 valence electrons. The van der Waals surface area contributed by atoms with E-state index in [1.54, 1.807) is 7.11 Å². The van der Waals surface area contributed by atoms with Crippen LogP contribution in [0.3, 0.4) is 0 Å². The van der Waals surface area contributed by atoms with Gasteiger partial charge >= 0.3 is 0 Å². The van der Waals surface area contributed by atoms with Crippen molar-refractivity contribution < 1.29 is 4.74 Å². The van der Waals surface area contributed by atoms with Crippen LogP contribution >= 0.6 is 11.3 Å². The predicted molar refractivity (Wildman–Crippen MR) is 67.3 cm³/mol. The maximum absolute atomic E-state index is 5.79. The van der Waals surface area contributed by atoms with Crippen LogP contribution < -0.4 is 10.5 Å². The molecule has 2 heterocycles. The molecule has 6 heteroatoms. The van der Waals surface area contributed by atoms with Crippen LogP contribution in [-0.4, -0.2) is 21.7 Å². The van der Waals surface area contributed by atoms with Crippen LogP contribution in [0, 0.1) is 0 Å². The maximum Gasteiger partial charge on any atom is 0.227 e. The third-order valence-corrected chi connectivity index (χ3v) is 3.36. The zero-order valence-electron chi connectivity index (χ0n) is 9.12. The summed E-state index contributed by atoms with van der Waals surface area (Å²) in [6.07, 6.45) is 0. The highest BCUT2D eigenvalue weighted by atomic mass is 32.1. The van der Waals surface area contributed by atoms with Gasteiger partial charge in [0.05, 0.1) is 12.8 Å². The Balaban J connectivity index is 2.22. The second-order valence-electron chi connectivity index (χ2n) is 3.53. The molecule has 0 saturated heterocycles. The second-order valence-corrected chi connectivity index (χ2v) is 4.37. The Hall–Kier alpha value is -2.08. The Kier molecular flexibility index (Phi) is 2.22. The molecule has 0 amide bonds. The molecule has 17 heavy (non-hydrogen) atoms. The van der Waals surface area contributed by atoms with E-state index in [-0.39, 0.29) is 0 Å². The summed E-state index contributed by atoms with van der Waals surface area (Å²) in [4.78, 5) is 0.792. The van der Waals surface area contributed by atoms with Gasteiger partial charge in [-0.1, -0.05) is 12.1 Å². The van der Waals surface area contributed by atoms with E-state index in [4.69, 9.17) is 10.5 Å². The normalized spacial score (nSPS) is 10.9. The minimum atomic E-state index is 0.402. The number of nitrogen functional groups attached to an aromatic ring is 1. The fourth-order valence-corrected chi connectivity index (χ4v) is 2.57. The molecule has 5 nitrogen and oxygen atoms in total. The minimum Gasteiger partial charge on any atom is -0.497 e. The van der Waals surface area contributed by atoms with Crippen LogP contribution in [0.25, 0.3) is 16.2 Å². The Morgan fingerprint density at radius 1 is 1.35 bits per heavy atom. The molecule has 2 N–H and O–H groups in total. The molecule has 0 radical (unpaired) electrons. The summed E-state index contributed by atoms with van der Waals surface area (Å²) >= 11 is 1.51. The van der Waals surface area contributed by atoms with Crippen molar-refractivity contribution in [3.63, 3.8) is 0 Å². The Morgan fingerprint density at radius 3 is 3.06 bits per heavy atom. The molecule has 1 aromatic carbocycles. The van der Waals surface area contributed by atoms with Gasteiger partial charge in [-0.3, -0.25) is 4.40 Å². The molecular formula is C11H10N4OS. The predicted octanol–water partition coefficient (Wildman–Crippen LogP) is 2.05. The lowest BCUT2D eigenvalue weighted by Crippen LogP contribution is -1.95. The van der Waals surface area contributed by atoms with Crippen LogP contribution in [0.2, 0.25) is 0 Å². The van der Waals surface area contributed by atoms with Crippen molar-refractivity contribution in [2.24, 2.45) is 0 Å². The molecule has 0 saturated carbocycles. The first-order valence-corrected chi connectivity index (χ1v) is 5.90. The summed E-state index contributed by atoms with van der Waals surface area (Å²) < 4.78 is 7.04. The van der Waals surface area contributed by atoms with Crippen LogP contribution in [0.4, 0.5) is 5.95 Å². The number of thiazole rings is 1. The molecule has 0 unspecified atom stereocenters. The summed E-state index contributed by atoms with van der Waals surface area (Å²) in [5, 5.41) is 9.85. The molecule has 0 fully saturated rings. The average molecular weight is 246 g/mol. The van der Waals surface area contributed by atoms with E-state index in [0.717, 1.165) is 22.0 Å². The molecule has 0 bridgehead atoms. The van der Waals surface area contributed by atoms with Crippen LogP contribution in [0.1, 0.15) is 0 Å². The van der Waals surface area contributed by atoms with Gasteiger partial charge < -0.3 is 10.5 Å². The molecule has 2 aromatic heterocycles. The largest absolute Gasteiger partial charge is 0.497 e. The van der Waals surface area contributed by atoms with Gasteiger partial charge in [0, 0.05) is 10.9 Å². The third kappa shape index (κ3) is 1.53. The average Bonchev–Trinajstić information content (AvgIpc) is 2.93. The molecule has 0 aliphatic carbocycles. The van der Waals surface area contributed by atoms with Gasteiger partial charge in [-0.05, 0) is 12.1 Å². The van der Waals surface area contributed by atoms with E-state index in [0.29, 0.717) is 5.95 Å². The Bertz CT molecular complexity index is 673. The number of nitrogens with zero attached hydrogens (tertiary/aromatic N) is 3. The van der Waals surface area contributed by atoms with E-state index in [1.165, 1.54) is 11.3 Å². The van der Waals surface area contributed by atoms with E-state index in [1.807, 2.05) is 34.0 Å². The van der Waals surface area contributed by atoms with Crippen molar-refractivity contribution in [3.8, 4) is 17.0 Å². The van der Waals surface area contributed by atoms with Crippen molar-refractivity contribution in [3.05, 3.63) is 29.6 Å². The number of hydrogen-bond acceptors (Lipinski definition) is 5. The van der Waals surface area contributed by atoms with Gasteiger partial charge in [0.25, 0.3) is 0 Å². The lowest BCUT2D eigenvalue weighted by atomic mass is 10.1. The summed E-state index contributed by atoms with van der Waals surface area (Å²) in [5.74, 6) is 1.22. The topological polar surface area (TPSA) is 65.4 Å². The number of ether oxygens (including phenoxy) is 1. The molecular weight excluding hydrogens is 236 g/mol. The summed E-state index contributed by atoms with van der Waals surface area (Å²) in [5.41, 5.74) is 7.80. The van der Waals surface area contributed by atoms with E-state index < -0.39 is 0 Å². The van der Waals surface area contributed by atoms with Gasteiger partial charge in [-0.25, -0.2) is 0 Å². The monoisotopic (exact) mass is 246 g/mol. The molecule has 3 rings (SSSR count). The van der Waals surface area contributed by atoms with Crippen LogP contribution in [0.5, 0.6) is 5.75 Å². The lowest BCUT2D eigenvalue weighted by Gasteiger charge is -2.03. The number of anilines is 1. The summed E-state index contributed by atoms with van der Waals surface area (Å²) in [6, 6.07) is 7.81. The van der Waals surface area contributed by atoms with Crippen molar-refractivity contribution >= 4 is 22.2 Å². The Labute approximate surface area is 101 Å². The molecule has 0 atom stereocenters. The highest BCUT2D eigenvalue weighted by Gasteiger charge is 2.11. The van der Waals surface area contributed by atoms with Crippen molar-refractivity contribution in [1.82, 2.24) is 14.6 Å². The first-order valence-electron chi connectivity index (χ1n) is 5.02. The number of aromatic nitrogens is 3. The SMILES string of the molecule is COc1cccc(-c2csc3nnc(N)n23)c1. The lowest BCUT2D eigenvalue weighted by molar-refractivity contribution is 0.415. The van der Waals surface area contributed by atoms with Gasteiger partial charge in [0.1, 0.15) is 5.75 Å². The minimum absolute atomic E-state index is 0.402. The fraction of sp³-hybridized carbons (Fsp3) is 0.0909. The number of hydrogen-bond donors (Lipinski definition) is 1. The van der Waals surface area contributed by atoms with E-state index in [2.05, 4.69) is 10.2 Å². The molecule has 0 aliphatic rings. The quantitative estimate of drug-likeness (QED) is 0.751. The zero-order chi connectivity index (χ0) is 11.8. The highest BCUT2D eigenvalue weighted by molar-refractivity contribution is 7.15. The smallest absolute Gasteiger partial charge is 0.227 e. The van der Waals surface area contributed by atoms with Gasteiger partial charge in [0.15, 0.2) is 0 Å². The Morgan fingerprint density at radius 2 is 2.24 bits per heavy atom. The number of nitrogens with two attached hydrogens (primary N) is 1. The number of fused-ring (bicyclic) bond motifs is 1. The van der Waals surface area contributed by atoms with Crippen molar-refractivity contribution in [2.45, 2.75) is 0 Å². The fourth-order valence-electron chi connectivity index (χ4n) is 1.72. The molecule has 3 aromatic rings. The first kappa shape index (κ1) is 10.1. The summed E-state index contributed by atoms with van der Waals surface area (Å²) in [7, 11) is 1.65. The maximum atomic E-state index is 5.79. The van der Waals surface area contributed by atoms with Gasteiger partial charge in [-0.15, -0.1) is 21.5 Å². The highest BCUT2D eigenvalue weighted by Crippen LogP contribution is 2.29. The number of rotatable bonds is 2. The van der Waals surface area contributed by atoms with E-state index >= 15 is 0 Å². The zero-order valence-corrected chi connectivity index (χ0v) is 9.94. The van der Waals surface area contributed by atoms with Crippen LogP contribution in [-0.2, 0) is 0 Å². The number of methoxy groups -OCH3 is 1.